The Kier molecular flexibility index (Phi) is 2.21. The fraction of sp³-hybridized carbons (Fsp3) is 0. The molecule has 0 aliphatic carbocycles. The van der Waals surface area contributed by atoms with Gasteiger partial charge in [0.1, 0.15) is 0 Å². The van der Waals surface area contributed by atoms with Crippen molar-refractivity contribution in [1.82, 2.24) is 0 Å². The molecule has 0 N–H and O–H groups in total. The summed E-state index contributed by atoms with van der Waals surface area (Å²) in [6, 6.07) is 8.37. The predicted octanol–water partition coefficient (Wildman–Crippen LogP) is 1.62. The minimum absolute atomic E-state index is 1.18. The molecule has 1 rings (SSSR count). The van der Waals surface area contributed by atoms with Crippen LogP contribution >= 0.6 is 15.9 Å². The van der Waals surface area contributed by atoms with Gasteiger partial charge in [0.15, 0.2) is 0 Å². The molecule has 0 amide bonds. The van der Waals surface area contributed by atoms with Gasteiger partial charge in [0.05, 0.1) is 0 Å². The Hall–Kier alpha value is 0.323. The van der Waals surface area contributed by atoms with Crippen LogP contribution in [0.1, 0.15) is 0 Å². The number of hydrogen-bond acceptors (Lipinski definition) is 0. The maximum atomic E-state index is 3.38. The fourth-order valence-corrected chi connectivity index (χ4v) is 2.36. The second kappa shape index (κ2) is 2.75. The molecule has 0 fully saturated rings. The Morgan fingerprint density at radius 1 is 1.38 bits per heavy atom. The molecule has 1 aromatic carbocycles. The van der Waals surface area contributed by atoms with E-state index in [9.17, 15) is 0 Å². The first-order valence-corrected chi connectivity index (χ1v) is 4.64. The van der Waals surface area contributed by atoms with Crippen LogP contribution in [0.3, 0.4) is 0 Å². The van der Waals surface area contributed by atoms with Gasteiger partial charge in [-0.15, -0.1) is 0 Å². The van der Waals surface area contributed by atoms with Gasteiger partial charge in [-0.05, 0) is 0 Å². The second-order valence-electron chi connectivity index (χ2n) is 1.63. The first-order chi connectivity index (χ1) is 3.79. The van der Waals surface area contributed by atoms with Crippen LogP contribution in [0.5, 0.6) is 0 Å². The van der Waals surface area contributed by atoms with Gasteiger partial charge < -0.3 is 0 Å². The molecule has 0 bridgehead atoms. The van der Waals surface area contributed by atoms with E-state index in [0.29, 0.717) is 0 Å². The summed E-state index contributed by atoms with van der Waals surface area (Å²) in [6.45, 7) is 0. The van der Waals surface area contributed by atoms with Crippen LogP contribution in [0.25, 0.3) is 0 Å². The van der Waals surface area contributed by atoms with Gasteiger partial charge in [0, 0.05) is 0 Å². The third kappa shape index (κ3) is 1.68. The zero-order chi connectivity index (χ0) is 5.98. The molecule has 0 nitrogen and oxygen atoms in total. The quantitative estimate of drug-likeness (QED) is 0.584. The Labute approximate surface area is 67.1 Å². The van der Waals surface area contributed by atoms with E-state index < -0.39 is 0 Å². The molecule has 0 unspecified atom stereocenters. The molecule has 37 valence electrons. The van der Waals surface area contributed by atoms with E-state index in [-0.39, 0.29) is 0 Å². The molecule has 0 spiro atoms. The van der Waals surface area contributed by atoms with Crippen molar-refractivity contribution in [1.29, 1.82) is 0 Å². The van der Waals surface area contributed by atoms with E-state index in [2.05, 4.69) is 34.1 Å². The third-order valence-corrected chi connectivity index (χ3v) is 2.31. The van der Waals surface area contributed by atoms with Crippen LogP contribution in [-0.4, -0.2) is 0 Å². The first-order valence-electron chi connectivity index (χ1n) is 2.36. The van der Waals surface area contributed by atoms with Gasteiger partial charge in [0.2, 0.25) is 0 Å². The van der Waals surface area contributed by atoms with Crippen LogP contribution in [0, 0.1) is 0 Å². The van der Waals surface area contributed by atoms with Crippen molar-refractivity contribution in [2.75, 3.05) is 0 Å². The van der Waals surface area contributed by atoms with E-state index in [1.807, 2.05) is 6.07 Å². The molecule has 1 aromatic rings. The van der Waals surface area contributed by atoms with Crippen LogP contribution in [0.15, 0.2) is 28.7 Å². The Balaban J connectivity index is 3.08. The summed E-state index contributed by atoms with van der Waals surface area (Å²) < 4.78 is 2.60. The normalized spacial score (nSPS) is 9.38. The average molecular weight is 221 g/mol. The van der Waals surface area contributed by atoms with Gasteiger partial charge in [-0.3, -0.25) is 0 Å². The van der Waals surface area contributed by atoms with Crippen molar-refractivity contribution < 1.29 is 18.3 Å². The van der Waals surface area contributed by atoms with Crippen molar-refractivity contribution in [3.63, 3.8) is 0 Å². The summed E-state index contributed by atoms with van der Waals surface area (Å²) in [5.74, 6) is 0. The minimum atomic E-state index is 1.18. The summed E-state index contributed by atoms with van der Waals surface area (Å²) in [7, 11) is 0. The first kappa shape index (κ1) is 6.44. The topological polar surface area (TPSA) is 0 Å². The standard InChI is InChI=1S/C6H4Br.Zn/c7-6-4-2-1-3-5-6;/h1-2,4-5H;. The van der Waals surface area contributed by atoms with Gasteiger partial charge >= 0.3 is 67.1 Å². The molecule has 0 saturated heterocycles. The molecule has 0 aliphatic heterocycles. The Morgan fingerprint density at radius 3 is 2.50 bits per heavy atom. The number of benzene rings is 1. The van der Waals surface area contributed by atoms with Gasteiger partial charge in [0.25, 0.3) is 0 Å². The molecule has 0 aromatic heterocycles. The summed E-state index contributed by atoms with van der Waals surface area (Å²) in [4.78, 5) is 0. The van der Waals surface area contributed by atoms with Crippen LogP contribution in [0.4, 0.5) is 0 Å². The van der Waals surface area contributed by atoms with E-state index in [1.54, 1.807) is 0 Å². The molecular weight excluding hydrogens is 217 g/mol. The van der Waals surface area contributed by atoms with Crippen molar-refractivity contribution in [3.8, 4) is 0 Å². The molecular formula is C6H4BrZn. The summed E-state index contributed by atoms with van der Waals surface area (Å²) in [5, 5.41) is 0. The molecule has 2 heteroatoms. The summed E-state index contributed by atoms with van der Waals surface area (Å²) >= 11 is 4.62. The monoisotopic (exact) mass is 219 g/mol. The van der Waals surface area contributed by atoms with Crippen LogP contribution in [0.2, 0.25) is 0 Å². The molecule has 0 saturated carbocycles. The Morgan fingerprint density at radius 2 is 2.12 bits per heavy atom. The molecule has 0 aliphatic rings. The zero-order valence-corrected chi connectivity index (χ0v) is 8.95. The predicted molar refractivity (Wildman–Crippen MR) is 33.8 cm³/mol. The van der Waals surface area contributed by atoms with Crippen molar-refractivity contribution in [2.45, 2.75) is 0 Å². The molecule has 8 heavy (non-hydrogen) atoms. The maximum absolute atomic E-state index is 3.38. The SMILES string of the molecule is [Zn][c]1cccc(Br)c1. The average Bonchev–Trinajstić information content (AvgIpc) is 1.64. The van der Waals surface area contributed by atoms with E-state index >= 15 is 0 Å². The fourth-order valence-electron chi connectivity index (χ4n) is 0.537. The van der Waals surface area contributed by atoms with Crippen molar-refractivity contribution in [2.24, 2.45) is 0 Å². The summed E-state index contributed by atoms with van der Waals surface area (Å²) in [5.41, 5.74) is 0. The van der Waals surface area contributed by atoms with Crippen molar-refractivity contribution >= 4 is 20.1 Å². The second-order valence-corrected chi connectivity index (χ2v) is 4.26. The number of rotatable bonds is 0. The zero-order valence-electron chi connectivity index (χ0n) is 4.39. The van der Waals surface area contributed by atoms with Gasteiger partial charge in [-0.1, -0.05) is 0 Å². The van der Waals surface area contributed by atoms with Gasteiger partial charge in [-0.2, -0.15) is 0 Å². The van der Waals surface area contributed by atoms with Gasteiger partial charge in [-0.25, -0.2) is 0 Å². The third-order valence-electron chi connectivity index (χ3n) is 0.889. The van der Waals surface area contributed by atoms with Crippen LogP contribution in [-0.2, 0) is 18.3 Å². The van der Waals surface area contributed by atoms with E-state index in [4.69, 9.17) is 0 Å². The molecule has 0 atom stereocenters. The van der Waals surface area contributed by atoms with Crippen LogP contribution < -0.4 is 4.16 Å². The molecule has 0 radical (unpaired) electrons. The molecule has 0 heterocycles. The number of halogens is 1. The Bertz CT molecular complexity index is 168. The van der Waals surface area contributed by atoms with E-state index in [1.165, 1.54) is 26.9 Å². The van der Waals surface area contributed by atoms with E-state index in [0.717, 1.165) is 0 Å². The van der Waals surface area contributed by atoms with Crippen molar-refractivity contribution in [3.05, 3.63) is 28.7 Å². The number of hydrogen-bond donors (Lipinski definition) is 0. The summed E-state index contributed by atoms with van der Waals surface area (Å²) in [6.07, 6.45) is 0.